The van der Waals surface area contributed by atoms with Gasteiger partial charge in [0.25, 0.3) is 5.91 Å². The summed E-state index contributed by atoms with van der Waals surface area (Å²) in [6.07, 6.45) is 3.32. The lowest BCUT2D eigenvalue weighted by atomic mass is 9.73. The molecule has 3 N–H and O–H groups in total. The van der Waals surface area contributed by atoms with Gasteiger partial charge in [-0.05, 0) is 102 Å². The molecule has 240 valence electrons. The van der Waals surface area contributed by atoms with E-state index in [4.69, 9.17) is 17.3 Å². The topological polar surface area (TPSA) is 78.7 Å². The van der Waals surface area contributed by atoms with Crippen molar-refractivity contribution in [3.63, 3.8) is 0 Å². The van der Waals surface area contributed by atoms with Gasteiger partial charge in [0.15, 0.2) is 10.8 Å². The molecule has 6 nitrogen and oxygen atoms in total. The van der Waals surface area contributed by atoms with E-state index >= 15 is 0 Å². The van der Waals surface area contributed by atoms with Crippen molar-refractivity contribution >= 4 is 57.2 Å². The molecular weight excluding hydrogens is 641 g/mol. The molecule has 3 aromatic carbocycles. The quantitative estimate of drug-likeness (QED) is 0.188. The third-order valence-corrected chi connectivity index (χ3v) is 10.5. The van der Waals surface area contributed by atoms with E-state index in [1.165, 1.54) is 35.3 Å². The van der Waals surface area contributed by atoms with E-state index in [2.05, 4.69) is 40.5 Å². The van der Waals surface area contributed by atoms with Gasteiger partial charge in [0, 0.05) is 59.6 Å². The molecular formula is C33H36ClF3N4O2S2. The van der Waals surface area contributed by atoms with Crippen LogP contribution in [0.4, 0.5) is 24.5 Å². The van der Waals surface area contributed by atoms with Gasteiger partial charge in [-0.3, -0.25) is 14.4 Å². The normalized spacial score (nSPS) is 18.1. The second-order valence-electron chi connectivity index (χ2n) is 12.2. The van der Waals surface area contributed by atoms with Crippen molar-refractivity contribution < 1.29 is 22.2 Å². The van der Waals surface area contributed by atoms with E-state index in [1.807, 2.05) is 24.3 Å². The van der Waals surface area contributed by atoms with E-state index in [-0.39, 0.29) is 16.0 Å². The number of nitrogen functional groups attached to an aromatic ring is 1. The molecule has 1 aliphatic heterocycles. The van der Waals surface area contributed by atoms with Crippen molar-refractivity contribution in [2.24, 2.45) is 5.41 Å². The standard InChI is InChI=1S/C33H36ClF3N4O2S2/c1-32(2)14-13-28(22-3-7-25(34)8-4-22)24(20-32)21-40-15-17-41(18-16-40)26-9-5-23(6-10-26)31(42)39-44-27-11-12-29(38)30(19-27)45(43)33(35,36)37/h3-12,19H,13-18,20-21,38H2,1-2H3,(H,39,42). The van der Waals surface area contributed by atoms with Crippen LogP contribution in [0.15, 0.2) is 82.1 Å². The number of halogens is 4. The average Bonchev–Trinajstić information content (AvgIpc) is 3.00. The molecule has 1 unspecified atom stereocenters. The number of carbonyl (C=O) groups excluding carboxylic acids is 1. The molecule has 3 aromatic rings. The second-order valence-corrected chi connectivity index (χ2v) is 14.9. The van der Waals surface area contributed by atoms with E-state index in [0.29, 0.717) is 5.56 Å². The highest BCUT2D eigenvalue weighted by molar-refractivity contribution is 7.98. The molecule has 1 aliphatic carbocycles. The van der Waals surface area contributed by atoms with Gasteiger partial charge in [0.05, 0.1) is 4.90 Å². The van der Waals surface area contributed by atoms with Crippen molar-refractivity contribution in [1.29, 1.82) is 0 Å². The minimum Gasteiger partial charge on any atom is -0.398 e. The van der Waals surface area contributed by atoms with Gasteiger partial charge in [0.1, 0.15) is 0 Å². The zero-order chi connectivity index (χ0) is 32.4. The van der Waals surface area contributed by atoms with Crippen molar-refractivity contribution in [3.8, 4) is 0 Å². The van der Waals surface area contributed by atoms with Crippen molar-refractivity contribution in [2.45, 2.75) is 48.4 Å². The summed E-state index contributed by atoms with van der Waals surface area (Å²) >= 11 is 6.99. The van der Waals surface area contributed by atoms with E-state index in [1.54, 1.807) is 12.1 Å². The van der Waals surface area contributed by atoms with E-state index < -0.39 is 27.1 Å². The largest absolute Gasteiger partial charge is 0.475 e. The Morgan fingerprint density at radius 2 is 1.69 bits per heavy atom. The molecule has 0 spiro atoms. The minimum atomic E-state index is -4.93. The first-order chi connectivity index (χ1) is 21.3. The van der Waals surface area contributed by atoms with Crippen LogP contribution in [0.3, 0.4) is 0 Å². The van der Waals surface area contributed by atoms with Crippen molar-refractivity contribution in [1.82, 2.24) is 9.62 Å². The first kappa shape index (κ1) is 33.4. The molecule has 0 bridgehead atoms. The zero-order valence-corrected chi connectivity index (χ0v) is 27.5. The fraction of sp³-hybridized carbons (Fsp3) is 0.364. The number of benzene rings is 3. The Kier molecular flexibility index (Phi) is 10.2. The molecule has 1 amide bonds. The number of hydrogen-bond donors (Lipinski definition) is 2. The van der Waals surface area contributed by atoms with Crippen molar-refractivity contribution in [2.75, 3.05) is 43.4 Å². The third-order valence-electron chi connectivity index (χ3n) is 8.30. The highest BCUT2D eigenvalue weighted by Crippen LogP contribution is 2.43. The number of nitrogens with one attached hydrogen (secondary N) is 1. The van der Waals surface area contributed by atoms with Crippen LogP contribution in [-0.2, 0) is 10.8 Å². The molecule has 1 atom stereocenters. The van der Waals surface area contributed by atoms with Gasteiger partial charge in [0.2, 0.25) is 0 Å². The van der Waals surface area contributed by atoms with Crippen LogP contribution in [0.2, 0.25) is 5.02 Å². The molecule has 2 aliphatic rings. The lowest BCUT2D eigenvalue weighted by Crippen LogP contribution is -2.47. The summed E-state index contributed by atoms with van der Waals surface area (Å²) in [5, 5.41) is 0.750. The molecule has 1 saturated heterocycles. The van der Waals surface area contributed by atoms with Gasteiger partial charge in [-0.15, -0.1) is 0 Å². The highest BCUT2D eigenvalue weighted by atomic mass is 35.5. The van der Waals surface area contributed by atoms with E-state index in [0.717, 1.165) is 74.3 Å². The Labute approximate surface area is 273 Å². The fourth-order valence-electron chi connectivity index (χ4n) is 5.85. The maximum Gasteiger partial charge on any atom is 0.475 e. The summed E-state index contributed by atoms with van der Waals surface area (Å²) in [5.74, 6) is -0.396. The summed E-state index contributed by atoms with van der Waals surface area (Å²) in [7, 11) is -3.26. The fourth-order valence-corrected chi connectivity index (χ4v) is 7.46. The molecule has 0 saturated carbocycles. The Hall–Kier alpha value is -2.99. The Bertz CT molecular complexity index is 1590. The third kappa shape index (κ3) is 8.44. The second kappa shape index (κ2) is 13.8. The number of nitrogens with zero attached hydrogens (tertiary/aromatic N) is 2. The number of rotatable bonds is 8. The highest BCUT2D eigenvalue weighted by Gasteiger charge is 2.39. The SMILES string of the molecule is CC1(C)CCC(c2ccc(Cl)cc2)=C(CN2CCN(c3ccc(C(=O)NSc4ccc(N)c(S(=O)C(F)(F)F)c4)cc3)CC2)C1. The monoisotopic (exact) mass is 676 g/mol. The van der Waals surface area contributed by atoms with Crippen LogP contribution >= 0.6 is 23.5 Å². The average molecular weight is 677 g/mol. The lowest BCUT2D eigenvalue weighted by molar-refractivity contribution is -0.0384. The van der Waals surface area contributed by atoms with Gasteiger partial charge in [-0.2, -0.15) is 13.2 Å². The maximum absolute atomic E-state index is 12.9. The molecule has 0 aromatic heterocycles. The smallest absolute Gasteiger partial charge is 0.398 e. The number of carbonyl (C=O) groups is 1. The number of allylic oxidation sites excluding steroid dienone is 1. The van der Waals surface area contributed by atoms with E-state index in [9.17, 15) is 22.2 Å². The Morgan fingerprint density at radius 3 is 2.33 bits per heavy atom. The molecule has 12 heteroatoms. The minimum absolute atomic E-state index is 0.226. The summed E-state index contributed by atoms with van der Waals surface area (Å²) in [6, 6.07) is 19.3. The summed E-state index contributed by atoms with van der Waals surface area (Å²) in [4.78, 5) is 17.3. The predicted molar refractivity (Wildman–Crippen MR) is 178 cm³/mol. The van der Waals surface area contributed by atoms with Crippen LogP contribution in [0, 0.1) is 5.41 Å². The summed E-state index contributed by atoms with van der Waals surface area (Å²) in [5.41, 5.74) is 6.40. The van der Waals surface area contributed by atoms with Crippen LogP contribution < -0.4 is 15.4 Å². The molecule has 5 rings (SSSR count). The number of piperazine rings is 1. The van der Waals surface area contributed by atoms with Crippen LogP contribution in [-0.4, -0.2) is 53.2 Å². The predicted octanol–water partition coefficient (Wildman–Crippen LogP) is 7.77. The lowest BCUT2D eigenvalue weighted by Gasteiger charge is -2.39. The summed E-state index contributed by atoms with van der Waals surface area (Å²) in [6.45, 7) is 9.25. The van der Waals surface area contributed by atoms with Crippen molar-refractivity contribution in [3.05, 3.63) is 88.5 Å². The first-order valence-electron chi connectivity index (χ1n) is 14.7. The Balaban J connectivity index is 1.16. The number of hydrogen-bond acceptors (Lipinski definition) is 6. The molecule has 1 fully saturated rings. The van der Waals surface area contributed by atoms with Gasteiger partial charge >= 0.3 is 5.51 Å². The van der Waals surface area contributed by atoms with Gasteiger partial charge in [-0.1, -0.05) is 43.2 Å². The molecule has 45 heavy (non-hydrogen) atoms. The molecule has 0 radical (unpaired) electrons. The zero-order valence-electron chi connectivity index (χ0n) is 25.1. The summed E-state index contributed by atoms with van der Waals surface area (Å²) < 4.78 is 53.2. The van der Waals surface area contributed by atoms with Gasteiger partial charge in [-0.25, -0.2) is 4.21 Å². The number of alkyl halides is 3. The Morgan fingerprint density at radius 1 is 1.02 bits per heavy atom. The number of amides is 1. The van der Waals surface area contributed by atoms with Crippen LogP contribution in [0.1, 0.15) is 49.0 Å². The van der Waals surface area contributed by atoms with Crippen LogP contribution in [0.25, 0.3) is 5.57 Å². The van der Waals surface area contributed by atoms with Crippen LogP contribution in [0.5, 0.6) is 0 Å². The van der Waals surface area contributed by atoms with Gasteiger partial charge < -0.3 is 10.6 Å². The number of anilines is 2. The molecule has 1 heterocycles. The number of nitrogens with two attached hydrogens (primary N) is 1. The first-order valence-corrected chi connectivity index (χ1v) is 17.0. The maximum atomic E-state index is 12.9.